The third-order valence-electron chi connectivity index (χ3n) is 3.24. The summed E-state index contributed by atoms with van der Waals surface area (Å²) in [5.74, 6) is 5.36. The van der Waals surface area contributed by atoms with Crippen molar-refractivity contribution < 1.29 is 4.79 Å². The number of rotatable bonds is 3. The molecular weight excluding hydrogens is 214 g/mol. The maximum absolute atomic E-state index is 11.7. The monoisotopic (exact) mass is 231 g/mol. The van der Waals surface area contributed by atoms with E-state index in [2.05, 4.69) is 42.5 Å². The van der Waals surface area contributed by atoms with Gasteiger partial charge in [0, 0.05) is 5.92 Å². The molecule has 0 aliphatic heterocycles. The minimum atomic E-state index is 0.00473. The van der Waals surface area contributed by atoms with Crippen molar-refractivity contribution in [3.05, 3.63) is 34.9 Å². The van der Waals surface area contributed by atoms with Gasteiger partial charge in [0.1, 0.15) is 6.34 Å². The number of hydrazone groups is 1. The third kappa shape index (κ3) is 2.46. The molecule has 1 saturated carbocycles. The molecule has 1 aliphatic rings. The van der Waals surface area contributed by atoms with E-state index in [1.54, 1.807) is 0 Å². The van der Waals surface area contributed by atoms with Crippen LogP contribution in [0.1, 0.15) is 29.0 Å². The van der Waals surface area contributed by atoms with Crippen LogP contribution in [0, 0.1) is 19.8 Å². The van der Waals surface area contributed by atoms with Gasteiger partial charge in [0.2, 0.25) is 5.91 Å². The topological polar surface area (TPSA) is 67.5 Å². The fraction of sp³-hybridized carbons (Fsp3) is 0.385. The average molecular weight is 231 g/mol. The van der Waals surface area contributed by atoms with Gasteiger partial charge in [-0.2, -0.15) is 5.10 Å². The van der Waals surface area contributed by atoms with Crippen molar-refractivity contribution in [1.82, 2.24) is 5.32 Å². The fourth-order valence-corrected chi connectivity index (χ4v) is 2.20. The maximum atomic E-state index is 11.7. The highest BCUT2D eigenvalue weighted by atomic mass is 16.2. The van der Waals surface area contributed by atoms with Gasteiger partial charge in [-0.05, 0) is 37.3 Å². The number of hydrogen-bond acceptors (Lipinski definition) is 3. The van der Waals surface area contributed by atoms with Crippen molar-refractivity contribution in [3.63, 3.8) is 0 Å². The summed E-state index contributed by atoms with van der Waals surface area (Å²) < 4.78 is 0. The van der Waals surface area contributed by atoms with E-state index in [9.17, 15) is 4.79 Å². The number of nitrogens with two attached hydrogens (primary N) is 1. The standard InChI is InChI=1S/C13H17N3O/c1-8-3-4-9(2)10(5-8)11-6-12(11)13(17)15-7-16-14/h3-5,7,11-12H,6,14H2,1-2H3,(H,15,16,17). The summed E-state index contributed by atoms with van der Waals surface area (Å²) in [6.07, 6.45) is 2.15. The second-order valence-electron chi connectivity index (χ2n) is 4.60. The first-order valence-corrected chi connectivity index (χ1v) is 5.72. The van der Waals surface area contributed by atoms with Crippen LogP contribution in [0.3, 0.4) is 0 Å². The zero-order chi connectivity index (χ0) is 12.4. The Kier molecular flexibility index (Phi) is 3.13. The van der Waals surface area contributed by atoms with Crippen LogP contribution in [0.2, 0.25) is 0 Å². The van der Waals surface area contributed by atoms with Crippen LogP contribution in [-0.2, 0) is 4.79 Å². The highest BCUT2D eigenvalue weighted by Gasteiger charge is 2.44. The van der Waals surface area contributed by atoms with Gasteiger partial charge in [0.25, 0.3) is 0 Å². The number of benzene rings is 1. The van der Waals surface area contributed by atoms with Crippen molar-refractivity contribution in [2.45, 2.75) is 26.2 Å². The molecule has 17 heavy (non-hydrogen) atoms. The lowest BCUT2D eigenvalue weighted by molar-refractivity contribution is -0.120. The van der Waals surface area contributed by atoms with Gasteiger partial charge in [-0.3, -0.25) is 4.79 Å². The molecule has 0 bridgehead atoms. The average Bonchev–Trinajstić information content (AvgIpc) is 3.09. The number of nitrogens with one attached hydrogen (secondary N) is 1. The van der Waals surface area contributed by atoms with Gasteiger partial charge >= 0.3 is 0 Å². The molecule has 1 amide bonds. The van der Waals surface area contributed by atoms with Crippen molar-refractivity contribution in [2.24, 2.45) is 16.9 Å². The lowest BCUT2D eigenvalue weighted by Crippen LogP contribution is -2.24. The molecule has 1 aromatic carbocycles. The van der Waals surface area contributed by atoms with Crippen LogP contribution in [0.15, 0.2) is 23.3 Å². The molecule has 90 valence electrons. The van der Waals surface area contributed by atoms with Gasteiger partial charge in [-0.1, -0.05) is 23.8 Å². The molecule has 0 heterocycles. The zero-order valence-electron chi connectivity index (χ0n) is 10.1. The molecule has 2 rings (SSSR count). The smallest absolute Gasteiger partial charge is 0.228 e. The van der Waals surface area contributed by atoms with Crippen LogP contribution in [-0.4, -0.2) is 12.2 Å². The molecule has 0 radical (unpaired) electrons. The van der Waals surface area contributed by atoms with E-state index in [0.717, 1.165) is 6.42 Å². The number of aryl methyl sites for hydroxylation is 2. The number of carbonyl (C=O) groups is 1. The van der Waals surface area contributed by atoms with Crippen molar-refractivity contribution >= 4 is 12.2 Å². The molecule has 1 fully saturated rings. The highest BCUT2D eigenvalue weighted by molar-refractivity contribution is 5.91. The highest BCUT2D eigenvalue weighted by Crippen LogP contribution is 2.48. The van der Waals surface area contributed by atoms with E-state index < -0.39 is 0 Å². The Hall–Kier alpha value is -1.84. The van der Waals surface area contributed by atoms with Crippen LogP contribution >= 0.6 is 0 Å². The molecule has 2 unspecified atom stereocenters. The Balaban J connectivity index is 2.07. The Labute approximate surface area is 101 Å². The molecule has 1 aromatic rings. The van der Waals surface area contributed by atoms with Crippen LogP contribution < -0.4 is 11.2 Å². The maximum Gasteiger partial charge on any atom is 0.228 e. The predicted molar refractivity (Wildman–Crippen MR) is 67.6 cm³/mol. The summed E-state index contributed by atoms with van der Waals surface area (Å²) in [5.41, 5.74) is 3.78. The summed E-state index contributed by atoms with van der Waals surface area (Å²) in [7, 11) is 0. The molecule has 1 aliphatic carbocycles. The second-order valence-corrected chi connectivity index (χ2v) is 4.60. The summed E-state index contributed by atoms with van der Waals surface area (Å²) in [6.45, 7) is 4.16. The number of amides is 1. The van der Waals surface area contributed by atoms with Crippen LogP contribution in [0.5, 0.6) is 0 Å². The Morgan fingerprint density at radius 2 is 2.29 bits per heavy atom. The number of hydrogen-bond donors (Lipinski definition) is 2. The minimum absolute atomic E-state index is 0.00473. The molecular formula is C13H17N3O. The molecule has 0 aromatic heterocycles. The summed E-state index contributed by atoms with van der Waals surface area (Å²) in [4.78, 5) is 11.7. The lowest BCUT2D eigenvalue weighted by Gasteiger charge is -2.06. The van der Waals surface area contributed by atoms with Gasteiger partial charge in [0.05, 0.1) is 0 Å². The summed E-state index contributed by atoms with van der Waals surface area (Å²) >= 11 is 0. The quantitative estimate of drug-likeness (QED) is 0.357. The second kappa shape index (κ2) is 4.57. The first kappa shape index (κ1) is 11.6. The van der Waals surface area contributed by atoms with Gasteiger partial charge in [-0.25, -0.2) is 0 Å². The number of carbonyl (C=O) groups excluding carboxylic acids is 1. The SMILES string of the molecule is Cc1ccc(C)c(C2CC2C(=O)NC=NN)c1. The van der Waals surface area contributed by atoms with Gasteiger partial charge in [0.15, 0.2) is 0 Å². The minimum Gasteiger partial charge on any atom is -0.322 e. The Morgan fingerprint density at radius 3 is 3.00 bits per heavy atom. The first-order valence-electron chi connectivity index (χ1n) is 5.72. The summed E-state index contributed by atoms with van der Waals surface area (Å²) in [5, 5.41) is 5.83. The lowest BCUT2D eigenvalue weighted by atomic mass is 10.0. The third-order valence-corrected chi connectivity index (χ3v) is 3.24. The Morgan fingerprint density at radius 1 is 1.53 bits per heavy atom. The van der Waals surface area contributed by atoms with E-state index >= 15 is 0 Å². The normalized spacial score (nSPS) is 22.7. The first-order chi connectivity index (χ1) is 8.13. The van der Waals surface area contributed by atoms with E-state index in [-0.39, 0.29) is 11.8 Å². The van der Waals surface area contributed by atoms with E-state index in [1.165, 1.54) is 23.0 Å². The molecule has 0 saturated heterocycles. The van der Waals surface area contributed by atoms with Crippen molar-refractivity contribution in [1.29, 1.82) is 0 Å². The van der Waals surface area contributed by atoms with E-state index in [0.29, 0.717) is 5.92 Å². The largest absolute Gasteiger partial charge is 0.322 e. The van der Waals surface area contributed by atoms with E-state index in [1.807, 2.05) is 0 Å². The van der Waals surface area contributed by atoms with Gasteiger partial charge in [-0.15, -0.1) is 0 Å². The van der Waals surface area contributed by atoms with Gasteiger partial charge < -0.3 is 11.2 Å². The summed E-state index contributed by atoms with van der Waals surface area (Å²) in [6, 6.07) is 6.38. The zero-order valence-corrected chi connectivity index (χ0v) is 10.1. The molecule has 4 heteroatoms. The molecule has 3 N–H and O–H groups in total. The molecule has 2 atom stereocenters. The van der Waals surface area contributed by atoms with Crippen molar-refractivity contribution in [2.75, 3.05) is 0 Å². The molecule has 4 nitrogen and oxygen atoms in total. The van der Waals surface area contributed by atoms with Crippen molar-refractivity contribution in [3.8, 4) is 0 Å². The van der Waals surface area contributed by atoms with Crippen LogP contribution in [0.25, 0.3) is 0 Å². The fourth-order valence-electron chi connectivity index (χ4n) is 2.20. The Bertz CT molecular complexity index is 468. The van der Waals surface area contributed by atoms with Crippen LogP contribution in [0.4, 0.5) is 0 Å². The predicted octanol–water partition coefficient (Wildman–Crippen LogP) is 1.43. The van der Waals surface area contributed by atoms with E-state index in [4.69, 9.17) is 5.84 Å². The molecule has 0 spiro atoms. The number of nitrogens with zero attached hydrogens (tertiary/aromatic N) is 1.